The lowest BCUT2D eigenvalue weighted by molar-refractivity contribution is -0.138. The summed E-state index contributed by atoms with van der Waals surface area (Å²) in [7, 11) is 0. The number of carboxylic acid groups (broad SMARTS) is 2. The Balaban J connectivity index is -0.00000220. The predicted molar refractivity (Wildman–Crippen MR) is 102 cm³/mol. The van der Waals surface area contributed by atoms with Crippen LogP contribution in [-0.2, 0) is 19.1 Å². The standard InChI is InChI=1S/C12H24N2O6S2.2ClH/c13-9(11(15)16)7-21-5-3-19-1-2-20-4-6-22-8-10(14)12(17)18;;/h9-10H,1-8,13-14H2,(H,15,16)(H,17,18);2*1H. The van der Waals surface area contributed by atoms with Crippen LogP contribution in [0.3, 0.4) is 0 Å². The molecule has 0 fully saturated rings. The van der Waals surface area contributed by atoms with E-state index in [4.69, 9.17) is 31.2 Å². The van der Waals surface area contributed by atoms with Gasteiger partial charge in [-0.3, -0.25) is 9.59 Å². The molecule has 0 saturated carbocycles. The quantitative estimate of drug-likeness (QED) is 0.266. The third-order valence-electron chi connectivity index (χ3n) is 2.35. The molecule has 0 spiro atoms. The minimum Gasteiger partial charge on any atom is -0.480 e. The molecule has 0 heterocycles. The van der Waals surface area contributed by atoms with Crippen LogP contribution in [0.15, 0.2) is 0 Å². The van der Waals surface area contributed by atoms with Crippen LogP contribution < -0.4 is 11.5 Å². The molecule has 0 radical (unpaired) electrons. The number of rotatable bonds is 15. The highest BCUT2D eigenvalue weighted by Crippen LogP contribution is 2.02. The first kappa shape index (κ1) is 28.8. The molecule has 0 aliphatic rings. The van der Waals surface area contributed by atoms with Crippen molar-refractivity contribution in [3.05, 3.63) is 0 Å². The Labute approximate surface area is 162 Å². The number of thioether (sulfide) groups is 2. The number of nitrogens with two attached hydrogens (primary N) is 2. The average Bonchev–Trinajstić information content (AvgIpc) is 2.47. The number of hydrogen-bond donors (Lipinski definition) is 4. The topological polar surface area (TPSA) is 145 Å². The molecule has 0 amide bonds. The van der Waals surface area contributed by atoms with E-state index < -0.39 is 24.0 Å². The summed E-state index contributed by atoms with van der Waals surface area (Å²) in [6, 6.07) is -1.67. The molecule has 146 valence electrons. The molecular weight excluding hydrogens is 403 g/mol. The number of halogens is 2. The normalized spacial score (nSPS) is 12.6. The second-order valence-electron chi connectivity index (χ2n) is 4.26. The first-order valence-corrected chi connectivity index (χ1v) is 9.03. The van der Waals surface area contributed by atoms with Gasteiger partial charge in [0.15, 0.2) is 0 Å². The average molecular weight is 429 g/mol. The molecule has 0 aromatic rings. The van der Waals surface area contributed by atoms with Crippen molar-refractivity contribution in [1.82, 2.24) is 0 Å². The zero-order valence-corrected chi connectivity index (χ0v) is 16.4. The summed E-state index contributed by atoms with van der Waals surface area (Å²) in [5.41, 5.74) is 10.7. The second-order valence-corrected chi connectivity index (χ2v) is 6.56. The SMILES string of the molecule is Cl.Cl.NC(CSCCOCCOCCSCC(N)C(=O)O)C(=O)O. The van der Waals surface area contributed by atoms with Gasteiger partial charge in [-0.1, -0.05) is 0 Å². The molecule has 12 heteroatoms. The van der Waals surface area contributed by atoms with Crippen LogP contribution in [0.4, 0.5) is 0 Å². The Morgan fingerprint density at radius 1 is 0.792 bits per heavy atom. The molecule has 8 nitrogen and oxygen atoms in total. The first-order valence-electron chi connectivity index (χ1n) is 6.73. The molecule has 0 aromatic carbocycles. The summed E-state index contributed by atoms with van der Waals surface area (Å²) in [5.74, 6) is 0.108. The fraction of sp³-hybridized carbons (Fsp3) is 0.833. The van der Waals surface area contributed by atoms with Crippen molar-refractivity contribution < 1.29 is 29.3 Å². The van der Waals surface area contributed by atoms with Gasteiger partial charge in [-0.15, -0.1) is 24.8 Å². The van der Waals surface area contributed by atoms with E-state index in [0.29, 0.717) is 49.4 Å². The van der Waals surface area contributed by atoms with Gasteiger partial charge in [0.05, 0.1) is 26.4 Å². The van der Waals surface area contributed by atoms with Gasteiger partial charge < -0.3 is 31.2 Å². The first-order chi connectivity index (χ1) is 10.4. The Bertz CT molecular complexity index is 302. The fourth-order valence-corrected chi connectivity index (χ4v) is 2.72. The fourth-order valence-electron chi connectivity index (χ4n) is 1.12. The van der Waals surface area contributed by atoms with Crippen LogP contribution in [0.1, 0.15) is 0 Å². The Morgan fingerprint density at radius 2 is 1.12 bits per heavy atom. The maximum atomic E-state index is 10.5. The molecule has 24 heavy (non-hydrogen) atoms. The van der Waals surface area contributed by atoms with Crippen molar-refractivity contribution in [1.29, 1.82) is 0 Å². The van der Waals surface area contributed by atoms with Gasteiger partial charge in [0.2, 0.25) is 0 Å². The smallest absolute Gasteiger partial charge is 0.321 e. The highest BCUT2D eigenvalue weighted by molar-refractivity contribution is 7.99. The van der Waals surface area contributed by atoms with Gasteiger partial charge in [0.1, 0.15) is 12.1 Å². The van der Waals surface area contributed by atoms with Crippen molar-refractivity contribution in [2.45, 2.75) is 12.1 Å². The van der Waals surface area contributed by atoms with Crippen LogP contribution in [-0.4, -0.2) is 83.7 Å². The van der Waals surface area contributed by atoms with E-state index in [-0.39, 0.29) is 24.8 Å². The number of hydrogen-bond acceptors (Lipinski definition) is 8. The zero-order valence-electron chi connectivity index (χ0n) is 13.1. The number of ether oxygens (including phenoxy) is 2. The van der Waals surface area contributed by atoms with E-state index in [9.17, 15) is 9.59 Å². The minimum atomic E-state index is -0.996. The van der Waals surface area contributed by atoms with Gasteiger partial charge in [-0.25, -0.2) is 0 Å². The Hall–Kier alpha value is 0.0600. The molecule has 0 aromatic heterocycles. The largest absolute Gasteiger partial charge is 0.480 e. The number of aliphatic carboxylic acids is 2. The van der Waals surface area contributed by atoms with Crippen molar-refractivity contribution in [2.24, 2.45) is 11.5 Å². The van der Waals surface area contributed by atoms with Crippen LogP contribution in [0, 0.1) is 0 Å². The summed E-state index contributed by atoms with van der Waals surface area (Å²) >= 11 is 2.87. The molecule has 0 aliphatic heterocycles. The molecule has 0 saturated heterocycles. The van der Waals surface area contributed by atoms with Gasteiger partial charge in [0.25, 0.3) is 0 Å². The summed E-state index contributed by atoms with van der Waals surface area (Å²) in [5, 5.41) is 17.2. The molecule has 0 rings (SSSR count). The maximum absolute atomic E-state index is 10.5. The highest BCUT2D eigenvalue weighted by Gasteiger charge is 2.11. The van der Waals surface area contributed by atoms with Gasteiger partial charge >= 0.3 is 11.9 Å². The minimum absolute atomic E-state index is 0. The third kappa shape index (κ3) is 18.4. The predicted octanol–water partition coefficient (Wildman–Crippen LogP) is 0.153. The number of carbonyl (C=O) groups is 2. The number of carboxylic acids is 2. The lowest BCUT2D eigenvalue weighted by atomic mass is 10.4. The highest BCUT2D eigenvalue weighted by atomic mass is 35.5. The monoisotopic (exact) mass is 428 g/mol. The molecule has 0 bridgehead atoms. The van der Waals surface area contributed by atoms with Gasteiger partial charge in [-0.2, -0.15) is 23.5 Å². The molecular formula is C12H26Cl2N2O6S2. The van der Waals surface area contributed by atoms with Crippen LogP contribution in [0.25, 0.3) is 0 Å². The van der Waals surface area contributed by atoms with E-state index in [0.717, 1.165) is 0 Å². The van der Waals surface area contributed by atoms with Crippen molar-refractivity contribution >= 4 is 60.3 Å². The van der Waals surface area contributed by atoms with Crippen LogP contribution in [0.2, 0.25) is 0 Å². The Kier molecular flexibility index (Phi) is 23.3. The van der Waals surface area contributed by atoms with Gasteiger partial charge in [-0.05, 0) is 0 Å². The molecule has 6 N–H and O–H groups in total. The van der Waals surface area contributed by atoms with E-state index in [1.807, 2.05) is 0 Å². The van der Waals surface area contributed by atoms with E-state index >= 15 is 0 Å². The zero-order chi connectivity index (χ0) is 16.8. The molecule has 0 aliphatic carbocycles. The van der Waals surface area contributed by atoms with Crippen molar-refractivity contribution in [3.63, 3.8) is 0 Å². The lowest BCUT2D eigenvalue weighted by Gasteiger charge is -2.08. The maximum Gasteiger partial charge on any atom is 0.321 e. The lowest BCUT2D eigenvalue weighted by Crippen LogP contribution is -2.32. The van der Waals surface area contributed by atoms with E-state index in [2.05, 4.69) is 0 Å². The molecule has 2 atom stereocenters. The second kappa shape index (κ2) is 19.4. The van der Waals surface area contributed by atoms with Crippen molar-refractivity contribution in [3.8, 4) is 0 Å². The molecule has 2 unspecified atom stereocenters. The van der Waals surface area contributed by atoms with Gasteiger partial charge in [0, 0.05) is 23.0 Å². The summed E-state index contributed by atoms with van der Waals surface area (Å²) in [6.45, 7) is 1.96. The van der Waals surface area contributed by atoms with Crippen LogP contribution in [0.5, 0.6) is 0 Å². The summed E-state index contributed by atoms with van der Waals surface area (Å²) < 4.78 is 10.6. The van der Waals surface area contributed by atoms with Crippen LogP contribution >= 0.6 is 48.3 Å². The van der Waals surface area contributed by atoms with E-state index in [1.54, 1.807) is 0 Å². The Morgan fingerprint density at radius 3 is 1.42 bits per heavy atom. The third-order valence-corrected chi connectivity index (χ3v) is 4.45. The van der Waals surface area contributed by atoms with E-state index in [1.165, 1.54) is 23.5 Å². The van der Waals surface area contributed by atoms with Crippen molar-refractivity contribution in [2.75, 3.05) is 49.4 Å². The summed E-state index contributed by atoms with van der Waals surface area (Å²) in [6.07, 6.45) is 0. The summed E-state index contributed by atoms with van der Waals surface area (Å²) in [4.78, 5) is 20.9.